The van der Waals surface area contributed by atoms with Crippen LogP contribution in [0.4, 0.5) is 22.0 Å². The fraction of sp³-hybridized carbons (Fsp3) is 0.556. The average molecular weight is 775 g/mol. The number of aryl methyl sites for hydroxylation is 1. The molecule has 0 bridgehead atoms. The van der Waals surface area contributed by atoms with Gasteiger partial charge < -0.3 is 0 Å². The minimum absolute atomic E-state index is 0.267. The van der Waals surface area contributed by atoms with Crippen LogP contribution in [0.15, 0.2) is 12.1 Å². The van der Waals surface area contributed by atoms with Gasteiger partial charge in [0, 0.05) is 0 Å². The molecule has 2 aromatic rings. The molecule has 0 fully saturated rings. The van der Waals surface area contributed by atoms with Crippen molar-refractivity contribution in [2.24, 2.45) is 5.92 Å². The fourth-order valence-electron chi connectivity index (χ4n) is 5.62. The maximum absolute atomic E-state index is 14.9. The molecule has 2 aromatic carbocycles. The maximum atomic E-state index is 14.9. The Morgan fingerprint density at radius 2 is 1.62 bits per heavy atom. The van der Waals surface area contributed by atoms with Crippen LogP contribution in [-0.2, 0) is 10.6 Å². The number of benzene rings is 2. The van der Waals surface area contributed by atoms with Crippen molar-refractivity contribution in [2.45, 2.75) is 87.9 Å². The van der Waals surface area contributed by atoms with E-state index in [1.807, 2.05) is 19.9 Å². The summed E-state index contributed by atoms with van der Waals surface area (Å²) in [5, 5.41) is -1.73. The first-order valence-electron chi connectivity index (χ1n) is 12.6. The number of rotatable bonds is 9. The molecule has 0 saturated carbocycles. The molecule has 1 aliphatic heterocycles. The van der Waals surface area contributed by atoms with Gasteiger partial charge in [-0.2, -0.15) is 0 Å². The second-order valence-electron chi connectivity index (χ2n) is 10.9. The second kappa shape index (κ2) is 12.1. The zero-order valence-corrected chi connectivity index (χ0v) is 29.0. The normalized spacial score (nSPS) is 20.7. The van der Waals surface area contributed by atoms with E-state index in [-0.39, 0.29) is 11.8 Å². The number of ether oxygens (including phenoxy) is 1. The molecule has 0 spiro atoms. The third-order valence-electron chi connectivity index (χ3n) is 7.40. The second-order valence-corrected chi connectivity index (χ2v) is 28.3. The molecule has 1 heterocycles. The van der Waals surface area contributed by atoms with Crippen molar-refractivity contribution in [3.05, 3.63) is 57.9 Å². The topological polar surface area (TPSA) is 9.23 Å². The SMILES string of the molecule is CCCC(C)CC(C)(C)c1cc(C)cc2c1O[CH]([Tl]([Cl])[Cl])CC2(CC)Pc1c(F)c(F)c(F)c(F)c1F. The molecule has 204 valence electrons. The molecule has 1 aliphatic rings. The summed E-state index contributed by atoms with van der Waals surface area (Å²) in [7, 11) is 12.3. The Hall–Kier alpha value is -0.178. The van der Waals surface area contributed by atoms with E-state index in [0.717, 1.165) is 36.0 Å². The zero-order chi connectivity index (χ0) is 27.9. The molecule has 0 radical (unpaired) electrons. The zero-order valence-electron chi connectivity index (χ0n) is 22.0. The molecule has 1 nitrogen and oxygen atoms in total. The van der Waals surface area contributed by atoms with Crippen LogP contribution in [0.5, 0.6) is 5.75 Å². The van der Waals surface area contributed by atoms with E-state index in [2.05, 4.69) is 33.8 Å². The van der Waals surface area contributed by atoms with E-state index >= 15 is 0 Å². The molecule has 0 N–H and O–H groups in total. The van der Waals surface area contributed by atoms with Crippen LogP contribution in [-0.4, -0.2) is 23.9 Å². The molecule has 0 amide bonds. The first-order valence-corrected chi connectivity index (χ1v) is 27.2. The van der Waals surface area contributed by atoms with Crippen LogP contribution in [0.3, 0.4) is 0 Å². The Morgan fingerprint density at radius 1 is 1.05 bits per heavy atom. The third-order valence-corrected chi connectivity index (χ3v) is 18.0. The van der Waals surface area contributed by atoms with Crippen LogP contribution < -0.4 is 10.0 Å². The standard InChI is InChI=1S/C27H33F5OP.2ClH.Tl/c1-7-9-15(3)14-26(5,6)17-12-16(4)13-18-24(17)33-11-10-27(18,8-2)34-25-22(31)20(29)19(28)21(30)23(25)32;;;/h11-13,15,34H,7-10,14H2,1-6H3;2*1H;/q;;;+2/p-2. The van der Waals surface area contributed by atoms with Crippen molar-refractivity contribution in [1.82, 2.24) is 0 Å². The first kappa shape index (κ1) is 31.4. The Balaban J connectivity index is 2.26. The van der Waals surface area contributed by atoms with Gasteiger partial charge in [-0.1, -0.05) is 0 Å². The van der Waals surface area contributed by atoms with Gasteiger partial charge in [-0.25, -0.2) is 0 Å². The predicted molar refractivity (Wildman–Crippen MR) is 146 cm³/mol. The van der Waals surface area contributed by atoms with Crippen molar-refractivity contribution < 1.29 is 26.7 Å². The number of hydrogen-bond acceptors (Lipinski definition) is 1. The quantitative estimate of drug-likeness (QED) is 0.0813. The van der Waals surface area contributed by atoms with Gasteiger partial charge in [0.05, 0.1) is 0 Å². The van der Waals surface area contributed by atoms with Crippen molar-refractivity contribution in [3.63, 3.8) is 0 Å². The van der Waals surface area contributed by atoms with Gasteiger partial charge in [0.15, 0.2) is 0 Å². The summed E-state index contributed by atoms with van der Waals surface area (Å²) in [5.41, 5.74) is 2.31. The summed E-state index contributed by atoms with van der Waals surface area (Å²) in [5.74, 6) is -8.53. The Labute approximate surface area is 233 Å². The van der Waals surface area contributed by atoms with E-state index in [1.165, 1.54) is 0 Å². The van der Waals surface area contributed by atoms with E-state index in [4.69, 9.17) is 21.4 Å². The molecular weight excluding hydrogens is 742 g/mol. The van der Waals surface area contributed by atoms with E-state index in [9.17, 15) is 22.0 Å². The molecule has 37 heavy (non-hydrogen) atoms. The van der Waals surface area contributed by atoms with Crippen molar-refractivity contribution in [3.8, 4) is 5.75 Å². The summed E-state index contributed by atoms with van der Waals surface area (Å²) in [6.07, 6.45) is 3.69. The summed E-state index contributed by atoms with van der Waals surface area (Å²) in [4.78, 5) is 0. The van der Waals surface area contributed by atoms with Gasteiger partial charge in [-0.05, 0) is 0 Å². The van der Waals surface area contributed by atoms with Gasteiger partial charge in [0.1, 0.15) is 0 Å². The molecule has 0 aromatic heterocycles. The van der Waals surface area contributed by atoms with Gasteiger partial charge in [0.25, 0.3) is 0 Å². The van der Waals surface area contributed by atoms with Crippen LogP contribution in [0, 0.1) is 41.9 Å². The fourth-order valence-corrected chi connectivity index (χ4v) is 13.9. The molecule has 0 aliphatic carbocycles. The van der Waals surface area contributed by atoms with Crippen LogP contribution in [0.25, 0.3) is 0 Å². The predicted octanol–water partition coefficient (Wildman–Crippen LogP) is 9.06. The Bertz CT molecular complexity index is 1130. The van der Waals surface area contributed by atoms with Crippen LogP contribution >= 0.6 is 25.2 Å². The molecule has 0 saturated heterocycles. The Kier molecular flexibility index (Phi) is 10.3. The van der Waals surface area contributed by atoms with Gasteiger partial charge in [-0.3, -0.25) is 0 Å². The monoisotopic (exact) mass is 774 g/mol. The summed E-state index contributed by atoms with van der Waals surface area (Å²) in [6.45, 7) is 12.4. The summed E-state index contributed by atoms with van der Waals surface area (Å²) >= 11 is -3.36. The Morgan fingerprint density at radius 3 is 2.14 bits per heavy atom. The number of halogens is 7. The van der Waals surface area contributed by atoms with Gasteiger partial charge in [-0.15, -0.1) is 0 Å². The van der Waals surface area contributed by atoms with Crippen LogP contribution in [0.1, 0.15) is 83.4 Å². The van der Waals surface area contributed by atoms with E-state index in [1.54, 1.807) is 0 Å². The molecule has 4 unspecified atom stereocenters. The van der Waals surface area contributed by atoms with Crippen molar-refractivity contribution in [2.75, 3.05) is 0 Å². The number of fused-ring (bicyclic) bond motifs is 1. The van der Waals surface area contributed by atoms with Gasteiger partial charge in [0.2, 0.25) is 0 Å². The molecule has 10 heteroatoms. The number of hydrogen-bond donors (Lipinski definition) is 0. The molecular formula is C27H33Cl2F5OPTl. The van der Waals surface area contributed by atoms with Crippen molar-refractivity contribution >= 4 is 50.8 Å². The molecule has 3 rings (SSSR count). The third kappa shape index (κ3) is 6.27. The van der Waals surface area contributed by atoms with Crippen LogP contribution in [0.2, 0.25) is 0 Å². The van der Waals surface area contributed by atoms with E-state index in [0.29, 0.717) is 18.1 Å². The molecule has 4 atom stereocenters. The average Bonchev–Trinajstić information content (AvgIpc) is 2.83. The van der Waals surface area contributed by atoms with Gasteiger partial charge >= 0.3 is 235 Å². The first-order chi connectivity index (χ1) is 17.2. The summed E-state index contributed by atoms with van der Waals surface area (Å²) in [6, 6.07) is 3.98. The van der Waals surface area contributed by atoms with E-state index < -0.39 is 72.0 Å². The summed E-state index contributed by atoms with van der Waals surface area (Å²) < 4.78 is 77.8. The minimum atomic E-state index is -3.36. The van der Waals surface area contributed by atoms with Crippen molar-refractivity contribution in [1.29, 1.82) is 0 Å².